The highest BCUT2D eigenvalue weighted by molar-refractivity contribution is 7.86. The Morgan fingerprint density at radius 3 is 2.55 bits per heavy atom. The molecular weight excluding hydrogens is 340 g/mol. The number of benzene rings is 1. The molecule has 1 rings (SSSR count). The molecule has 1 unspecified atom stereocenters. The summed E-state index contributed by atoms with van der Waals surface area (Å²) in [4.78, 5) is 21.4. The second-order valence-electron chi connectivity index (χ2n) is 4.25. The average Bonchev–Trinajstić information content (AvgIpc) is 2.38. The summed E-state index contributed by atoms with van der Waals surface area (Å²) < 4.78 is 36.0. The van der Waals surface area contributed by atoms with Crippen LogP contribution in [0.25, 0.3) is 0 Å². The third-order valence-electron chi connectivity index (χ3n) is 2.46. The van der Waals surface area contributed by atoms with Crippen molar-refractivity contribution < 1.29 is 32.4 Å². The van der Waals surface area contributed by atoms with Crippen LogP contribution >= 0.6 is 11.6 Å². The molecule has 0 saturated carbocycles. The van der Waals surface area contributed by atoms with Crippen molar-refractivity contribution in [2.24, 2.45) is 5.73 Å². The fourth-order valence-corrected chi connectivity index (χ4v) is 2.45. The van der Waals surface area contributed by atoms with Crippen LogP contribution in [-0.4, -0.2) is 42.8 Å². The molecule has 0 saturated heterocycles. The fraction of sp³-hybridized carbons (Fsp3) is 0.273. The first-order valence-electron chi connectivity index (χ1n) is 5.72. The zero-order valence-electron chi connectivity index (χ0n) is 11.2. The van der Waals surface area contributed by atoms with Gasteiger partial charge in [-0.15, -0.1) is 0 Å². The van der Waals surface area contributed by atoms with Crippen molar-refractivity contribution in [3.05, 3.63) is 22.7 Å². The third kappa shape index (κ3) is 4.84. The highest BCUT2D eigenvalue weighted by Crippen LogP contribution is 2.28. The van der Waals surface area contributed by atoms with Gasteiger partial charge in [-0.2, -0.15) is 8.42 Å². The standard InChI is InChI=1S/C11H13ClN2O7S/c1-5-2-6(3-8(9(5)12)22(18,19)20)14-11(17)21-4-7(13)10(15)16/h2-3,7H,4,13H2,1H3,(H,14,17)(H,15,16)(H,18,19,20). The zero-order chi connectivity index (χ0) is 17.1. The van der Waals surface area contributed by atoms with Gasteiger partial charge in [-0.25, -0.2) is 4.79 Å². The predicted octanol–water partition coefficient (Wildman–Crippen LogP) is 0.856. The van der Waals surface area contributed by atoms with Crippen LogP contribution in [0.1, 0.15) is 5.56 Å². The number of aryl methyl sites for hydroxylation is 1. The van der Waals surface area contributed by atoms with Gasteiger partial charge in [0.15, 0.2) is 0 Å². The Balaban J connectivity index is 2.89. The number of nitrogens with two attached hydrogens (primary N) is 1. The van der Waals surface area contributed by atoms with E-state index in [0.29, 0.717) is 0 Å². The highest BCUT2D eigenvalue weighted by atomic mass is 35.5. The minimum absolute atomic E-state index is 0.0107. The summed E-state index contributed by atoms with van der Waals surface area (Å²) in [5.74, 6) is -1.34. The molecule has 1 amide bonds. The number of rotatable bonds is 5. The normalized spacial score (nSPS) is 12.5. The first kappa shape index (κ1) is 18.2. The number of nitrogens with one attached hydrogen (secondary N) is 1. The van der Waals surface area contributed by atoms with Gasteiger partial charge < -0.3 is 15.6 Å². The first-order chi connectivity index (χ1) is 10.0. The molecule has 0 aliphatic carbocycles. The third-order valence-corrected chi connectivity index (χ3v) is 3.95. The Morgan fingerprint density at radius 2 is 2.05 bits per heavy atom. The minimum atomic E-state index is -4.57. The molecule has 9 nitrogen and oxygen atoms in total. The quantitative estimate of drug-likeness (QED) is 0.568. The molecule has 0 bridgehead atoms. The molecule has 5 N–H and O–H groups in total. The SMILES string of the molecule is Cc1cc(NC(=O)OCC(N)C(=O)O)cc(S(=O)(=O)O)c1Cl. The lowest BCUT2D eigenvalue weighted by Gasteiger charge is -2.11. The number of carboxylic acid groups (broad SMARTS) is 1. The number of aliphatic carboxylic acids is 1. The molecule has 1 aromatic carbocycles. The summed E-state index contributed by atoms with van der Waals surface area (Å²) >= 11 is 5.76. The van der Waals surface area contributed by atoms with Crippen LogP contribution in [0, 0.1) is 6.92 Å². The number of carbonyl (C=O) groups excluding carboxylic acids is 1. The Labute approximate surface area is 130 Å². The molecule has 0 spiro atoms. The number of carboxylic acids is 1. The van der Waals surface area contributed by atoms with E-state index >= 15 is 0 Å². The van der Waals surface area contributed by atoms with Crippen molar-refractivity contribution in [1.82, 2.24) is 0 Å². The monoisotopic (exact) mass is 352 g/mol. The Hall–Kier alpha value is -1.88. The zero-order valence-corrected chi connectivity index (χ0v) is 12.8. The molecule has 1 aromatic rings. The lowest BCUT2D eigenvalue weighted by atomic mass is 10.2. The first-order valence-corrected chi connectivity index (χ1v) is 7.54. The van der Waals surface area contributed by atoms with E-state index in [9.17, 15) is 18.0 Å². The Morgan fingerprint density at radius 1 is 1.45 bits per heavy atom. The van der Waals surface area contributed by atoms with E-state index in [1.807, 2.05) is 0 Å². The molecule has 122 valence electrons. The average molecular weight is 353 g/mol. The van der Waals surface area contributed by atoms with E-state index in [1.165, 1.54) is 13.0 Å². The van der Waals surface area contributed by atoms with Crippen molar-refractivity contribution in [3.8, 4) is 0 Å². The molecule has 22 heavy (non-hydrogen) atoms. The highest BCUT2D eigenvalue weighted by Gasteiger charge is 2.19. The van der Waals surface area contributed by atoms with Crippen LogP contribution in [0.5, 0.6) is 0 Å². The number of hydrogen-bond acceptors (Lipinski definition) is 6. The van der Waals surface area contributed by atoms with Crippen molar-refractivity contribution in [1.29, 1.82) is 0 Å². The van der Waals surface area contributed by atoms with Gasteiger partial charge in [0.2, 0.25) is 0 Å². The molecule has 0 radical (unpaired) electrons. The lowest BCUT2D eigenvalue weighted by Crippen LogP contribution is -2.36. The predicted molar refractivity (Wildman–Crippen MR) is 76.6 cm³/mol. The van der Waals surface area contributed by atoms with E-state index in [4.69, 9.17) is 27.0 Å². The molecule has 1 atom stereocenters. The van der Waals surface area contributed by atoms with Crippen LogP contribution in [0.3, 0.4) is 0 Å². The Kier molecular flexibility index (Phi) is 5.72. The smallest absolute Gasteiger partial charge is 0.411 e. The summed E-state index contributed by atoms with van der Waals surface area (Å²) in [5.41, 5.74) is 5.42. The maximum atomic E-state index is 11.5. The van der Waals surface area contributed by atoms with Gasteiger partial charge in [0.05, 0.1) is 5.02 Å². The van der Waals surface area contributed by atoms with E-state index in [2.05, 4.69) is 10.1 Å². The number of carbonyl (C=O) groups is 2. The summed E-state index contributed by atoms with van der Waals surface area (Å²) in [6.07, 6.45) is -1.04. The van der Waals surface area contributed by atoms with Gasteiger partial charge in [0, 0.05) is 5.69 Å². The minimum Gasteiger partial charge on any atom is -0.480 e. The van der Waals surface area contributed by atoms with Gasteiger partial charge in [0.1, 0.15) is 17.5 Å². The number of ether oxygens (including phenoxy) is 1. The summed E-state index contributed by atoms with van der Waals surface area (Å²) in [6, 6.07) is 0.893. The van der Waals surface area contributed by atoms with Crippen molar-refractivity contribution in [2.75, 3.05) is 11.9 Å². The van der Waals surface area contributed by atoms with E-state index in [0.717, 1.165) is 6.07 Å². The Bertz CT molecular complexity index is 705. The van der Waals surface area contributed by atoms with E-state index < -0.39 is 39.7 Å². The molecular formula is C11H13ClN2O7S. The van der Waals surface area contributed by atoms with Gasteiger partial charge in [0.25, 0.3) is 10.1 Å². The van der Waals surface area contributed by atoms with Crippen LogP contribution in [0.4, 0.5) is 10.5 Å². The lowest BCUT2D eigenvalue weighted by molar-refractivity contribution is -0.139. The topological polar surface area (TPSA) is 156 Å². The fourth-order valence-electron chi connectivity index (χ4n) is 1.39. The molecule has 0 aromatic heterocycles. The molecule has 0 heterocycles. The van der Waals surface area contributed by atoms with Gasteiger partial charge in [-0.05, 0) is 24.6 Å². The van der Waals surface area contributed by atoms with Crippen molar-refractivity contribution in [2.45, 2.75) is 17.9 Å². The molecule has 0 aliphatic heterocycles. The largest absolute Gasteiger partial charge is 0.480 e. The van der Waals surface area contributed by atoms with Crippen LogP contribution in [0.15, 0.2) is 17.0 Å². The van der Waals surface area contributed by atoms with Crippen LogP contribution < -0.4 is 11.1 Å². The van der Waals surface area contributed by atoms with Crippen LogP contribution in [0.2, 0.25) is 5.02 Å². The van der Waals surface area contributed by atoms with E-state index in [-0.39, 0.29) is 16.3 Å². The van der Waals surface area contributed by atoms with Gasteiger partial charge >= 0.3 is 12.1 Å². The maximum absolute atomic E-state index is 11.5. The summed E-state index contributed by atoms with van der Waals surface area (Å²) in [5, 5.41) is 10.5. The van der Waals surface area contributed by atoms with E-state index in [1.54, 1.807) is 0 Å². The molecule has 0 aliphatic rings. The number of halogens is 1. The van der Waals surface area contributed by atoms with Gasteiger partial charge in [-0.3, -0.25) is 14.7 Å². The molecule has 0 fully saturated rings. The summed E-state index contributed by atoms with van der Waals surface area (Å²) in [7, 11) is -4.57. The van der Waals surface area contributed by atoms with Gasteiger partial charge in [-0.1, -0.05) is 11.6 Å². The second-order valence-corrected chi connectivity index (χ2v) is 6.02. The number of hydrogen-bond donors (Lipinski definition) is 4. The second kappa shape index (κ2) is 6.92. The van der Waals surface area contributed by atoms with Crippen molar-refractivity contribution in [3.63, 3.8) is 0 Å². The number of amides is 1. The number of anilines is 1. The summed E-state index contributed by atoms with van der Waals surface area (Å²) in [6.45, 7) is 0.896. The maximum Gasteiger partial charge on any atom is 0.411 e. The van der Waals surface area contributed by atoms with Crippen molar-refractivity contribution >= 4 is 39.5 Å². The molecule has 11 heteroatoms. The van der Waals surface area contributed by atoms with Crippen LogP contribution in [-0.2, 0) is 19.6 Å².